The molecule has 55 heavy (non-hydrogen) atoms. The lowest BCUT2D eigenvalue weighted by Crippen LogP contribution is -2.37. The zero-order valence-electron chi connectivity index (χ0n) is 35.6. The molecule has 0 radical (unpaired) electrons. The van der Waals surface area contributed by atoms with Crippen molar-refractivity contribution >= 4 is 19.8 Å². The molecule has 0 bridgehead atoms. The first-order chi connectivity index (χ1) is 26.5. The summed E-state index contributed by atoms with van der Waals surface area (Å²) < 4.78 is 33.7. The predicted molar refractivity (Wildman–Crippen MR) is 226 cm³/mol. The van der Waals surface area contributed by atoms with Crippen LogP contribution in [0.2, 0.25) is 0 Å². The topological polar surface area (TPSA) is 111 Å². The number of phosphoric ester groups is 1. The monoisotopic (exact) mass is 794 g/mol. The maximum atomic E-state index is 12.6. The SMILES string of the molecule is CCCCC/C=C/C/C=C/C/C=C/C/C=C/C/C=C/CCC(=O)OC[C@@H](COP(=O)([O-])OCC[N+](C)(C)C)OC(=O)CCCCCCCCCCCCCC. The maximum Gasteiger partial charge on any atom is 0.306 e. The van der Waals surface area contributed by atoms with Gasteiger partial charge in [-0.15, -0.1) is 0 Å². The summed E-state index contributed by atoms with van der Waals surface area (Å²) in [7, 11) is 1.12. The van der Waals surface area contributed by atoms with Gasteiger partial charge >= 0.3 is 11.9 Å². The normalized spacial score (nSPS) is 14.2. The van der Waals surface area contributed by atoms with Gasteiger partial charge in [-0.2, -0.15) is 0 Å². The molecule has 0 aliphatic heterocycles. The Morgan fingerprint density at radius 1 is 0.564 bits per heavy atom. The first kappa shape index (κ1) is 52.7. The highest BCUT2D eigenvalue weighted by atomic mass is 31.2. The number of ether oxygens (including phenoxy) is 2. The molecule has 0 aromatic heterocycles. The highest BCUT2D eigenvalue weighted by molar-refractivity contribution is 7.45. The predicted octanol–water partition coefficient (Wildman–Crippen LogP) is 11.4. The van der Waals surface area contributed by atoms with Gasteiger partial charge in [0.2, 0.25) is 0 Å². The highest BCUT2D eigenvalue weighted by Gasteiger charge is 2.21. The molecule has 0 amide bonds. The molecule has 9 nitrogen and oxygen atoms in total. The van der Waals surface area contributed by atoms with Crippen LogP contribution >= 0.6 is 7.82 Å². The van der Waals surface area contributed by atoms with E-state index in [2.05, 4.69) is 62.5 Å². The van der Waals surface area contributed by atoms with Crippen molar-refractivity contribution in [3.05, 3.63) is 60.8 Å². The Morgan fingerprint density at radius 3 is 1.53 bits per heavy atom. The minimum atomic E-state index is -4.64. The first-order valence-electron chi connectivity index (χ1n) is 21.5. The summed E-state index contributed by atoms with van der Waals surface area (Å²) >= 11 is 0. The van der Waals surface area contributed by atoms with E-state index in [1.807, 2.05) is 33.3 Å². The lowest BCUT2D eigenvalue weighted by atomic mass is 10.0. The average Bonchev–Trinajstić information content (AvgIpc) is 3.13. The molecule has 0 aliphatic rings. The van der Waals surface area contributed by atoms with Crippen LogP contribution in [-0.2, 0) is 32.7 Å². The second kappa shape index (κ2) is 37.3. The average molecular weight is 794 g/mol. The number of rotatable bonds is 38. The second-order valence-corrected chi connectivity index (χ2v) is 16.8. The van der Waals surface area contributed by atoms with Crippen molar-refractivity contribution in [2.45, 2.75) is 168 Å². The Kier molecular flexibility index (Phi) is 35.7. The van der Waals surface area contributed by atoms with Gasteiger partial charge in [-0.25, -0.2) is 0 Å². The van der Waals surface area contributed by atoms with E-state index >= 15 is 0 Å². The quantitative estimate of drug-likeness (QED) is 0.0200. The van der Waals surface area contributed by atoms with Crippen LogP contribution in [0.25, 0.3) is 0 Å². The van der Waals surface area contributed by atoms with Crippen LogP contribution < -0.4 is 4.89 Å². The van der Waals surface area contributed by atoms with Crippen molar-refractivity contribution in [1.29, 1.82) is 0 Å². The molecule has 2 atom stereocenters. The molecule has 318 valence electrons. The molecule has 0 N–H and O–H groups in total. The van der Waals surface area contributed by atoms with Gasteiger partial charge in [-0.1, -0.05) is 158 Å². The standard InChI is InChI=1S/C45H80NO8P/c1-6-8-10-12-14-16-18-20-21-22-23-24-25-26-28-29-31-33-35-37-44(47)51-41-43(42-53-55(49,50)52-40-39-46(3,4)5)54-45(48)38-36-34-32-30-27-19-17-15-13-11-9-7-2/h14,16,20-21,23-24,26,28,31,33,43H,6-13,15,17-19,22,25,27,29-30,32,34-42H2,1-5H3/b16-14+,21-20+,24-23+,28-26+,33-31+/t43-/m0/s1. The fourth-order valence-corrected chi connectivity index (χ4v) is 6.13. The van der Waals surface area contributed by atoms with Crippen LogP contribution in [0, 0.1) is 0 Å². The van der Waals surface area contributed by atoms with Gasteiger partial charge in [-0.3, -0.25) is 14.2 Å². The van der Waals surface area contributed by atoms with E-state index in [1.54, 1.807) is 0 Å². The molecule has 0 heterocycles. The molecule has 0 saturated heterocycles. The summed E-state index contributed by atoms with van der Waals surface area (Å²) in [5.41, 5.74) is 0. The number of unbranched alkanes of at least 4 members (excludes halogenated alkanes) is 14. The largest absolute Gasteiger partial charge is 0.756 e. The number of phosphoric acid groups is 1. The Hall–Kier alpha value is -2.29. The van der Waals surface area contributed by atoms with Crippen molar-refractivity contribution in [3.8, 4) is 0 Å². The summed E-state index contributed by atoms with van der Waals surface area (Å²) in [6.45, 7) is 4.09. The Bertz CT molecular complexity index is 1120. The molecule has 0 spiro atoms. The number of carbonyl (C=O) groups is 2. The number of hydrogen-bond donors (Lipinski definition) is 0. The lowest BCUT2D eigenvalue weighted by molar-refractivity contribution is -0.870. The van der Waals surface area contributed by atoms with Gasteiger partial charge in [0, 0.05) is 12.8 Å². The molecule has 0 rings (SSSR count). The highest BCUT2D eigenvalue weighted by Crippen LogP contribution is 2.38. The number of likely N-dealkylation sites (N-methyl/N-ethyl adjacent to an activating group) is 1. The van der Waals surface area contributed by atoms with Crippen molar-refractivity contribution in [1.82, 2.24) is 0 Å². The van der Waals surface area contributed by atoms with Gasteiger partial charge < -0.3 is 27.9 Å². The lowest BCUT2D eigenvalue weighted by Gasteiger charge is -2.28. The van der Waals surface area contributed by atoms with Crippen molar-refractivity contribution in [3.63, 3.8) is 0 Å². The van der Waals surface area contributed by atoms with E-state index in [0.717, 1.165) is 44.9 Å². The third-order valence-electron chi connectivity index (χ3n) is 8.80. The molecular weight excluding hydrogens is 713 g/mol. The van der Waals surface area contributed by atoms with Crippen LogP contribution in [0.1, 0.15) is 162 Å². The minimum Gasteiger partial charge on any atom is -0.756 e. The fourth-order valence-electron chi connectivity index (χ4n) is 5.40. The number of carbonyl (C=O) groups excluding carboxylic acids is 2. The zero-order valence-corrected chi connectivity index (χ0v) is 36.5. The zero-order chi connectivity index (χ0) is 40.7. The Morgan fingerprint density at radius 2 is 1.02 bits per heavy atom. The minimum absolute atomic E-state index is 0.0430. The Balaban J connectivity index is 4.49. The molecule has 0 fully saturated rings. The summed E-state index contributed by atoms with van der Waals surface area (Å²) in [6.07, 6.45) is 44.0. The second-order valence-electron chi connectivity index (χ2n) is 15.4. The first-order valence-corrected chi connectivity index (χ1v) is 23.0. The van der Waals surface area contributed by atoms with E-state index in [-0.39, 0.29) is 26.1 Å². The van der Waals surface area contributed by atoms with Gasteiger partial charge in [0.25, 0.3) is 7.82 Å². The molecule has 10 heteroatoms. The number of hydrogen-bond acceptors (Lipinski definition) is 8. The summed E-state index contributed by atoms with van der Waals surface area (Å²) in [4.78, 5) is 37.4. The maximum absolute atomic E-state index is 12.6. The van der Waals surface area contributed by atoms with Gasteiger partial charge in [-0.05, 0) is 51.4 Å². The van der Waals surface area contributed by atoms with E-state index in [1.165, 1.54) is 77.0 Å². The Labute approximate surface area is 336 Å². The van der Waals surface area contributed by atoms with Crippen LogP contribution in [0.5, 0.6) is 0 Å². The van der Waals surface area contributed by atoms with Crippen LogP contribution in [0.15, 0.2) is 60.8 Å². The van der Waals surface area contributed by atoms with Crippen molar-refractivity contribution in [2.75, 3.05) is 47.5 Å². The molecule has 0 aliphatic carbocycles. The van der Waals surface area contributed by atoms with E-state index in [9.17, 15) is 19.0 Å². The third kappa shape index (κ3) is 41.2. The van der Waals surface area contributed by atoms with Gasteiger partial charge in [0.1, 0.15) is 19.8 Å². The summed E-state index contributed by atoms with van der Waals surface area (Å²) in [5.74, 6) is -0.933. The van der Waals surface area contributed by atoms with E-state index < -0.39 is 32.5 Å². The van der Waals surface area contributed by atoms with E-state index in [4.69, 9.17) is 18.5 Å². The summed E-state index contributed by atoms with van der Waals surface area (Å²) in [6, 6.07) is 0. The summed E-state index contributed by atoms with van der Waals surface area (Å²) in [5, 5.41) is 0. The molecule has 0 aromatic rings. The van der Waals surface area contributed by atoms with Crippen molar-refractivity contribution < 1.29 is 42.1 Å². The van der Waals surface area contributed by atoms with Gasteiger partial charge in [0.05, 0.1) is 27.7 Å². The fraction of sp³-hybridized carbons (Fsp3) is 0.733. The smallest absolute Gasteiger partial charge is 0.306 e. The van der Waals surface area contributed by atoms with Crippen LogP contribution in [-0.4, -0.2) is 70.0 Å². The third-order valence-corrected chi connectivity index (χ3v) is 9.77. The van der Waals surface area contributed by atoms with Crippen LogP contribution in [0.4, 0.5) is 0 Å². The molecule has 0 saturated carbocycles. The van der Waals surface area contributed by atoms with E-state index in [0.29, 0.717) is 23.9 Å². The molecule has 0 aromatic carbocycles. The number of allylic oxidation sites excluding steroid dienone is 10. The number of quaternary nitrogens is 1. The van der Waals surface area contributed by atoms with Crippen molar-refractivity contribution in [2.24, 2.45) is 0 Å². The molecule has 1 unspecified atom stereocenters. The number of esters is 2. The van der Waals surface area contributed by atoms with Crippen LogP contribution in [0.3, 0.4) is 0 Å². The molecular formula is C45H80NO8P. The van der Waals surface area contributed by atoms with Gasteiger partial charge in [0.15, 0.2) is 6.10 Å². The number of nitrogens with zero attached hydrogens (tertiary/aromatic N) is 1.